The monoisotopic (exact) mass is 242 g/mol. The van der Waals surface area contributed by atoms with Crippen molar-refractivity contribution in [2.75, 3.05) is 0 Å². The number of rotatable bonds is 2. The Kier molecular flexibility index (Phi) is 3.66. The highest BCUT2D eigenvalue weighted by Crippen LogP contribution is 2.35. The molecule has 1 aliphatic heterocycles. The fourth-order valence-corrected chi connectivity index (χ4v) is 2.41. The zero-order valence-corrected chi connectivity index (χ0v) is 10.2. The Balaban J connectivity index is 1.98. The molecule has 0 aromatic carbocycles. The summed E-state index contributed by atoms with van der Waals surface area (Å²) in [7, 11) is 0. The number of epoxide rings is 1. The molecule has 4 atom stereocenters. The second kappa shape index (κ2) is 5.04. The summed E-state index contributed by atoms with van der Waals surface area (Å²) in [5.41, 5.74) is 0. The fraction of sp³-hybridized carbons (Fsp3) is 0.833. The van der Waals surface area contributed by atoms with E-state index in [1.54, 1.807) is 0 Å². The van der Waals surface area contributed by atoms with Crippen molar-refractivity contribution in [2.24, 2.45) is 0 Å². The number of hydrogen-bond acceptors (Lipinski definition) is 5. The van der Waals surface area contributed by atoms with E-state index in [4.69, 9.17) is 14.2 Å². The first kappa shape index (κ1) is 12.4. The van der Waals surface area contributed by atoms with Gasteiger partial charge in [0.25, 0.3) is 0 Å². The molecule has 1 aliphatic carbocycles. The molecule has 0 spiro atoms. The van der Waals surface area contributed by atoms with Crippen LogP contribution in [-0.2, 0) is 23.8 Å². The maximum Gasteiger partial charge on any atom is 0.303 e. The molecule has 5 heteroatoms. The Bertz CT molecular complexity index is 284. The molecule has 17 heavy (non-hydrogen) atoms. The van der Waals surface area contributed by atoms with Gasteiger partial charge in [-0.3, -0.25) is 9.59 Å². The van der Waals surface area contributed by atoms with Crippen molar-refractivity contribution in [3.63, 3.8) is 0 Å². The molecule has 0 bridgehead atoms. The van der Waals surface area contributed by atoms with Gasteiger partial charge in [-0.2, -0.15) is 0 Å². The number of carbonyl (C=O) groups excluding carboxylic acids is 2. The molecule has 0 amide bonds. The molecule has 0 N–H and O–H groups in total. The van der Waals surface area contributed by atoms with Gasteiger partial charge in [-0.15, -0.1) is 0 Å². The van der Waals surface area contributed by atoms with Crippen molar-refractivity contribution < 1.29 is 23.8 Å². The molecular weight excluding hydrogens is 224 g/mol. The van der Waals surface area contributed by atoms with E-state index in [1.165, 1.54) is 13.8 Å². The van der Waals surface area contributed by atoms with Crippen LogP contribution in [0.1, 0.15) is 39.5 Å². The van der Waals surface area contributed by atoms with Gasteiger partial charge in [0.05, 0.1) is 12.2 Å². The molecule has 0 radical (unpaired) electrons. The summed E-state index contributed by atoms with van der Waals surface area (Å²) in [6.45, 7) is 2.75. The SMILES string of the molecule is CC(=O)O[C@@H]1CC[C@@H]2O[C@H]2CC[C@H]1OC(C)=O. The largest absolute Gasteiger partial charge is 0.459 e. The first-order chi connectivity index (χ1) is 8.06. The summed E-state index contributed by atoms with van der Waals surface area (Å²) >= 11 is 0. The van der Waals surface area contributed by atoms with Crippen molar-refractivity contribution in [3.05, 3.63) is 0 Å². The second-order valence-corrected chi connectivity index (χ2v) is 4.66. The van der Waals surface area contributed by atoms with Gasteiger partial charge in [-0.25, -0.2) is 0 Å². The summed E-state index contributed by atoms with van der Waals surface area (Å²) < 4.78 is 15.9. The van der Waals surface area contributed by atoms with Gasteiger partial charge in [0, 0.05) is 13.8 Å². The van der Waals surface area contributed by atoms with Gasteiger partial charge in [0.2, 0.25) is 0 Å². The van der Waals surface area contributed by atoms with Crippen LogP contribution in [0.2, 0.25) is 0 Å². The fourth-order valence-electron chi connectivity index (χ4n) is 2.41. The van der Waals surface area contributed by atoms with E-state index in [1.807, 2.05) is 0 Å². The molecule has 1 heterocycles. The van der Waals surface area contributed by atoms with E-state index in [-0.39, 0.29) is 24.1 Å². The van der Waals surface area contributed by atoms with Gasteiger partial charge < -0.3 is 14.2 Å². The maximum absolute atomic E-state index is 11.0. The zero-order valence-electron chi connectivity index (χ0n) is 10.2. The number of carbonyl (C=O) groups is 2. The summed E-state index contributed by atoms with van der Waals surface area (Å²) in [6, 6.07) is 0. The molecule has 5 nitrogen and oxygen atoms in total. The van der Waals surface area contributed by atoms with Crippen molar-refractivity contribution in [3.8, 4) is 0 Å². The third kappa shape index (κ3) is 3.43. The van der Waals surface area contributed by atoms with Crippen molar-refractivity contribution in [2.45, 2.75) is 63.9 Å². The van der Waals surface area contributed by atoms with E-state index >= 15 is 0 Å². The predicted octanol–water partition coefficient (Wildman–Crippen LogP) is 1.19. The molecule has 2 rings (SSSR count). The number of esters is 2. The highest BCUT2D eigenvalue weighted by molar-refractivity contribution is 5.67. The standard InChI is InChI=1S/C12H18O5/c1-7(13)15-9-3-5-11-12(17-11)6-4-10(9)16-8(2)14/h9-12H,3-6H2,1-2H3/t9-,10-,11+,12+/m1/s1. The Hall–Kier alpha value is -1.10. The summed E-state index contributed by atoms with van der Waals surface area (Å²) in [5, 5.41) is 0. The van der Waals surface area contributed by atoms with Crippen LogP contribution in [0.3, 0.4) is 0 Å². The molecule has 2 aliphatic rings. The molecule has 1 saturated heterocycles. The lowest BCUT2D eigenvalue weighted by atomic mass is 9.96. The first-order valence-electron chi connectivity index (χ1n) is 6.06. The van der Waals surface area contributed by atoms with Gasteiger partial charge in [0.15, 0.2) is 0 Å². The average molecular weight is 242 g/mol. The molecule has 0 aromatic rings. The second-order valence-electron chi connectivity index (χ2n) is 4.66. The van der Waals surface area contributed by atoms with Crippen molar-refractivity contribution in [1.82, 2.24) is 0 Å². The van der Waals surface area contributed by atoms with Crippen LogP contribution in [0, 0.1) is 0 Å². The lowest BCUT2D eigenvalue weighted by Gasteiger charge is -2.27. The van der Waals surface area contributed by atoms with E-state index in [0.29, 0.717) is 25.0 Å². The van der Waals surface area contributed by atoms with E-state index in [9.17, 15) is 9.59 Å². The maximum atomic E-state index is 11.0. The van der Waals surface area contributed by atoms with Crippen molar-refractivity contribution in [1.29, 1.82) is 0 Å². The zero-order chi connectivity index (χ0) is 12.4. The van der Waals surface area contributed by atoms with Gasteiger partial charge >= 0.3 is 11.9 Å². The van der Waals surface area contributed by atoms with Gasteiger partial charge in [0.1, 0.15) is 12.2 Å². The van der Waals surface area contributed by atoms with E-state index < -0.39 is 0 Å². The Labute approximate surface area is 100 Å². The molecule has 0 unspecified atom stereocenters. The van der Waals surface area contributed by atoms with Crippen LogP contribution < -0.4 is 0 Å². The minimum Gasteiger partial charge on any atom is -0.459 e. The normalized spacial score (nSPS) is 36.1. The lowest BCUT2D eigenvalue weighted by Crippen LogP contribution is -2.36. The van der Waals surface area contributed by atoms with E-state index in [0.717, 1.165) is 12.8 Å². The molecule has 1 saturated carbocycles. The summed E-state index contributed by atoms with van der Waals surface area (Å²) in [6.07, 6.45) is 3.07. The summed E-state index contributed by atoms with van der Waals surface area (Å²) in [5.74, 6) is -0.665. The number of ether oxygens (including phenoxy) is 3. The third-order valence-electron chi connectivity index (χ3n) is 3.21. The van der Waals surface area contributed by atoms with Crippen LogP contribution in [-0.4, -0.2) is 36.4 Å². The Morgan fingerprint density at radius 2 is 1.29 bits per heavy atom. The number of hydrogen-bond donors (Lipinski definition) is 0. The molecule has 0 aromatic heterocycles. The van der Waals surface area contributed by atoms with E-state index in [2.05, 4.69) is 0 Å². The minimum atomic E-state index is -0.332. The Morgan fingerprint density at radius 3 is 1.65 bits per heavy atom. The predicted molar refractivity (Wildman–Crippen MR) is 58.2 cm³/mol. The topological polar surface area (TPSA) is 65.1 Å². The molecule has 96 valence electrons. The summed E-state index contributed by atoms with van der Waals surface area (Å²) in [4.78, 5) is 22.1. The van der Waals surface area contributed by atoms with Crippen LogP contribution in [0.25, 0.3) is 0 Å². The van der Waals surface area contributed by atoms with Crippen molar-refractivity contribution >= 4 is 11.9 Å². The minimum absolute atomic E-state index is 0.311. The number of fused-ring (bicyclic) bond motifs is 1. The third-order valence-corrected chi connectivity index (χ3v) is 3.21. The van der Waals surface area contributed by atoms with Crippen LogP contribution >= 0.6 is 0 Å². The lowest BCUT2D eigenvalue weighted by molar-refractivity contribution is -0.166. The quantitative estimate of drug-likeness (QED) is 0.537. The van der Waals surface area contributed by atoms with Crippen LogP contribution in [0.5, 0.6) is 0 Å². The molecular formula is C12H18O5. The average Bonchev–Trinajstić information content (AvgIpc) is 2.94. The first-order valence-corrected chi connectivity index (χ1v) is 6.06. The highest BCUT2D eigenvalue weighted by atomic mass is 16.6. The smallest absolute Gasteiger partial charge is 0.303 e. The van der Waals surface area contributed by atoms with Gasteiger partial charge in [-0.05, 0) is 25.7 Å². The molecule has 2 fully saturated rings. The van der Waals surface area contributed by atoms with Crippen LogP contribution in [0.4, 0.5) is 0 Å². The van der Waals surface area contributed by atoms with Gasteiger partial charge in [-0.1, -0.05) is 0 Å². The van der Waals surface area contributed by atoms with Crippen LogP contribution in [0.15, 0.2) is 0 Å². The Morgan fingerprint density at radius 1 is 0.882 bits per heavy atom. The highest BCUT2D eigenvalue weighted by Gasteiger charge is 2.43.